The van der Waals surface area contributed by atoms with E-state index >= 15 is 0 Å². The van der Waals surface area contributed by atoms with Crippen molar-refractivity contribution in [1.82, 2.24) is 9.88 Å². The molecule has 0 fully saturated rings. The Bertz CT molecular complexity index is 344. The third-order valence-electron chi connectivity index (χ3n) is 2.32. The number of rotatable bonds is 4. The number of pyridine rings is 1. The molecule has 0 aliphatic heterocycles. The standard InChI is InChI=1S/C12H18N2O2/c1-4-14(11(15)12(2,3)16)9-10-5-7-13-8-6-10/h5-8,16H,4,9H2,1-3H3. The molecule has 0 saturated heterocycles. The molecular formula is C12H18N2O2. The molecule has 1 N–H and O–H groups in total. The number of hydrogen-bond donors (Lipinski definition) is 1. The maximum atomic E-state index is 11.9. The van der Waals surface area contributed by atoms with E-state index in [1.165, 1.54) is 13.8 Å². The summed E-state index contributed by atoms with van der Waals surface area (Å²) in [6.45, 7) is 5.98. The second-order valence-electron chi connectivity index (χ2n) is 4.23. The summed E-state index contributed by atoms with van der Waals surface area (Å²) in [4.78, 5) is 17.4. The highest BCUT2D eigenvalue weighted by Gasteiger charge is 2.28. The lowest BCUT2D eigenvalue weighted by molar-refractivity contribution is -0.148. The summed E-state index contributed by atoms with van der Waals surface area (Å²) in [7, 11) is 0. The number of carbonyl (C=O) groups is 1. The highest BCUT2D eigenvalue weighted by atomic mass is 16.3. The van der Waals surface area contributed by atoms with Crippen LogP contribution < -0.4 is 0 Å². The largest absolute Gasteiger partial charge is 0.381 e. The molecule has 0 aromatic carbocycles. The molecule has 88 valence electrons. The molecule has 1 heterocycles. The van der Waals surface area contributed by atoms with Gasteiger partial charge in [0.25, 0.3) is 5.91 Å². The predicted molar refractivity (Wildman–Crippen MR) is 61.6 cm³/mol. The van der Waals surface area contributed by atoms with Crippen LogP contribution in [0.2, 0.25) is 0 Å². The van der Waals surface area contributed by atoms with Gasteiger partial charge >= 0.3 is 0 Å². The van der Waals surface area contributed by atoms with Gasteiger partial charge in [-0.15, -0.1) is 0 Å². The summed E-state index contributed by atoms with van der Waals surface area (Å²) >= 11 is 0. The van der Waals surface area contributed by atoms with Crippen LogP contribution >= 0.6 is 0 Å². The lowest BCUT2D eigenvalue weighted by atomic mass is 10.1. The van der Waals surface area contributed by atoms with Crippen LogP contribution in [0.5, 0.6) is 0 Å². The minimum absolute atomic E-state index is 0.258. The van der Waals surface area contributed by atoms with Crippen LogP contribution in [0.15, 0.2) is 24.5 Å². The van der Waals surface area contributed by atoms with Crippen molar-refractivity contribution in [2.75, 3.05) is 6.54 Å². The Kier molecular flexibility index (Phi) is 4.01. The van der Waals surface area contributed by atoms with Gasteiger partial charge in [-0.2, -0.15) is 0 Å². The normalized spacial score (nSPS) is 11.2. The summed E-state index contributed by atoms with van der Waals surface area (Å²) in [5, 5.41) is 9.66. The van der Waals surface area contributed by atoms with Crippen LogP contribution in [-0.2, 0) is 11.3 Å². The lowest BCUT2D eigenvalue weighted by Crippen LogP contribution is -2.44. The number of nitrogens with zero attached hydrogens (tertiary/aromatic N) is 2. The Morgan fingerprint density at radius 2 is 2.00 bits per heavy atom. The molecule has 1 amide bonds. The van der Waals surface area contributed by atoms with Gasteiger partial charge in [0.15, 0.2) is 0 Å². The van der Waals surface area contributed by atoms with Crippen molar-refractivity contribution >= 4 is 5.91 Å². The molecule has 0 radical (unpaired) electrons. The fraction of sp³-hybridized carbons (Fsp3) is 0.500. The average molecular weight is 222 g/mol. The summed E-state index contributed by atoms with van der Waals surface area (Å²) in [5.41, 5.74) is -0.308. The van der Waals surface area contributed by atoms with Crippen molar-refractivity contribution in [1.29, 1.82) is 0 Å². The van der Waals surface area contributed by atoms with Gasteiger partial charge in [0.1, 0.15) is 5.60 Å². The molecule has 1 rings (SSSR count). The monoisotopic (exact) mass is 222 g/mol. The molecule has 0 aliphatic rings. The fourth-order valence-corrected chi connectivity index (χ4v) is 1.42. The molecule has 0 spiro atoms. The third kappa shape index (κ3) is 3.31. The topological polar surface area (TPSA) is 53.4 Å². The predicted octanol–water partition coefficient (Wildman–Crippen LogP) is 1.20. The second kappa shape index (κ2) is 5.07. The van der Waals surface area contributed by atoms with Crippen molar-refractivity contribution in [3.05, 3.63) is 30.1 Å². The van der Waals surface area contributed by atoms with Crippen molar-refractivity contribution in [2.45, 2.75) is 32.9 Å². The van der Waals surface area contributed by atoms with Gasteiger partial charge < -0.3 is 10.0 Å². The van der Waals surface area contributed by atoms with Gasteiger partial charge in [0, 0.05) is 25.5 Å². The fourth-order valence-electron chi connectivity index (χ4n) is 1.42. The van der Waals surface area contributed by atoms with Crippen LogP contribution in [0.1, 0.15) is 26.3 Å². The molecule has 4 nitrogen and oxygen atoms in total. The molecule has 1 aromatic rings. The first-order valence-electron chi connectivity index (χ1n) is 5.35. The molecular weight excluding hydrogens is 204 g/mol. The van der Waals surface area contributed by atoms with Crippen LogP contribution in [0.25, 0.3) is 0 Å². The molecule has 4 heteroatoms. The van der Waals surface area contributed by atoms with E-state index in [4.69, 9.17) is 0 Å². The van der Waals surface area contributed by atoms with Gasteiger partial charge in [-0.1, -0.05) is 0 Å². The highest BCUT2D eigenvalue weighted by molar-refractivity contribution is 5.84. The Balaban J connectivity index is 2.74. The number of likely N-dealkylation sites (N-methyl/N-ethyl adjacent to an activating group) is 1. The van der Waals surface area contributed by atoms with Crippen molar-refractivity contribution in [3.63, 3.8) is 0 Å². The Morgan fingerprint density at radius 3 is 2.44 bits per heavy atom. The van der Waals surface area contributed by atoms with Crippen LogP contribution in [0, 0.1) is 0 Å². The average Bonchev–Trinajstić information content (AvgIpc) is 2.25. The van der Waals surface area contributed by atoms with E-state index in [2.05, 4.69) is 4.98 Å². The van der Waals surface area contributed by atoms with E-state index < -0.39 is 5.60 Å². The smallest absolute Gasteiger partial charge is 0.254 e. The number of aromatic nitrogens is 1. The van der Waals surface area contributed by atoms with E-state index in [9.17, 15) is 9.90 Å². The zero-order valence-corrected chi connectivity index (χ0v) is 9.97. The van der Waals surface area contributed by atoms with Gasteiger partial charge in [0.2, 0.25) is 0 Å². The molecule has 0 saturated carbocycles. The van der Waals surface area contributed by atoms with Crippen molar-refractivity contribution in [3.8, 4) is 0 Å². The number of carbonyl (C=O) groups excluding carboxylic acids is 1. The molecule has 1 aromatic heterocycles. The number of amides is 1. The lowest BCUT2D eigenvalue weighted by Gasteiger charge is -2.27. The van der Waals surface area contributed by atoms with Gasteiger partial charge in [-0.3, -0.25) is 9.78 Å². The third-order valence-corrected chi connectivity index (χ3v) is 2.32. The summed E-state index contributed by atoms with van der Waals surface area (Å²) in [5.74, 6) is -0.258. The minimum atomic E-state index is -1.32. The highest BCUT2D eigenvalue weighted by Crippen LogP contribution is 2.11. The second-order valence-corrected chi connectivity index (χ2v) is 4.23. The number of aliphatic hydroxyl groups is 1. The van der Waals surface area contributed by atoms with Crippen LogP contribution in [-0.4, -0.2) is 33.0 Å². The van der Waals surface area contributed by atoms with E-state index in [1.54, 1.807) is 17.3 Å². The van der Waals surface area contributed by atoms with Crippen LogP contribution in [0.3, 0.4) is 0 Å². The zero-order chi connectivity index (χ0) is 12.2. The molecule has 16 heavy (non-hydrogen) atoms. The van der Waals surface area contributed by atoms with Gasteiger partial charge in [0.05, 0.1) is 0 Å². The van der Waals surface area contributed by atoms with Crippen molar-refractivity contribution in [2.24, 2.45) is 0 Å². The minimum Gasteiger partial charge on any atom is -0.381 e. The van der Waals surface area contributed by atoms with Crippen molar-refractivity contribution < 1.29 is 9.90 Å². The molecule has 0 atom stereocenters. The van der Waals surface area contributed by atoms with E-state index in [-0.39, 0.29) is 5.91 Å². The Labute approximate surface area is 95.9 Å². The van der Waals surface area contributed by atoms with Gasteiger partial charge in [-0.05, 0) is 38.5 Å². The van der Waals surface area contributed by atoms with E-state index in [0.717, 1.165) is 5.56 Å². The quantitative estimate of drug-likeness (QED) is 0.833. The van der Waals surface area contributed by atoms with Gasteiger partial charge in [-0.25, -0.2) is 0 Å². The number of hydrogen-bond acceptors (Lipinski definition) is 3. The molecule has 0 unspecified atom stereocenters. The first-order chi connectivity index (χ1) is 7.45. The Hall–Kier alpha value is -1.42. The first-order valence-corrected chi connectivity index (χ1v) is 5.35. The maximum absolute atomic E-state index is 11.9. The molecule has 0 bridgehead atoms. The van der Waals surface area contributed by atoms with Crippen LogP contribution in [0.4, 0.5) is 0 Å². The Morgan fingerprint density at radius 1 is 1.44 bits per heavy atom. The first kappa shape index (κ1) is 12.6. The van der Waals surface area contributed by atoms with E-state index in [0.29, 0.717) is 13.1 Å². The molecule has 0 aliphatic carbocycles. The maximum Gasteiger partial charge on any atom is 0.254 e. The summed E-state index contributed by atoms with van der Waals surface area (Å²) in [6.07, 6.45) is 3.38. The SMILES string of the molecule is CCN(Cc1ccncc1)C(=O)C(C)(C)O. The summed E-state index contributed by atoms with van der Waals surface area (Å²) in [6, 6.07) is 3.72. The zero-order valence-electron chi connectivity index (χ0n) is 9.97. The summed E-state index contributed by atoms with van der Waals surface area (Å²) < 4.78 is 0. The van der Waals surface area contributed by atoms with E-state index in [1.807, 2.05) is 19.1 Å².